The molecule has 1 amide bonds. The second-order valence-electron chi connectivity index (χ2n) is 6.31. The van der Waals surface area contributed by atoms with Gasteiger partial charge in [-0.25, -0.2) is 0 Å². The summed E-state index contributed by atoms with van der Waals surface area (Å²) in [4.78, 5) is 18.8. The first-order valence-corrected chi connectivity index (χ1v) is 8.61. The van der Waals surface area contributed by atoms with Crippen molar-refractivity contribution in [1.82, 2.24) is 15.2 Å². The average molecular weight is 303 g/mol. The lowest BCUT2D eigenvalue weighted by atomic mass is 9.95. The summed E-state index contributed by atoms with van der Waals surface area (Å²) >= 11 is 0. The van der Waals surface area contributed by atoms with Crippen LogP contribution in [0.5, 0.6) is 0 Å². The number of nitrogens with one attached hydrogen (secondary N) is 1. The summed E-state index contributed by atoms with van der Waals surface area (Å²) in [5.41, 5.74) is 1.08. The van der Waals surface area contributed by atoms with Gasteiger partial charge in [-0.1, -0.05) is 32.3 Å². The van der Waals surface area contributed by atoms with Crippen LogP contribution < -0.4 is 5.32 Å². The zero-order chi connectivity index (χ0) is 15.8. The highest BCUT2D eigenvalue weighted by atomic mass is 16.1. The Bertz CT molecular complexity index is 443. The van der Waals surface area contributed by atoms with Gasteiger partial charge in [0.25, 0.3) is 0 Å². The topological polar surface area (TPSA) is 45.2 Å². The number of hydrogen-bond acceptors (Lipinski definition) is 3. The van der Waals surface area contributed by atoms with Gasteiger partial charge < -0.3 is 5.32 Å². The maximum atomic E-state index is 12.1. The summed E-state index contributed by atoms with van der Waals surface area (Å²) in [5.74, 6) is 0.189. The van der Waals surface area contributed by atoms with E-state index in [0.717, 1.165) is 31.5 Å². The molecule has 1 saturated carbocycles. The first-order chi connectivity index (χ1) is 10.7. The maximum Gasteiger partial charge on any atom is 0.221 e. The Morgan fingerprint density at radius 1 is 1.36 bits per heavy atom. The van der Waals surface area contributed by atoms with Crippen molar-refractivity contribution < 1.29 is 4.79 Å². The van der Waals surface area contributed by atoms with Crippen LogP contribution in [-0.4, -0.2) is 35.4 Å². The van der Waals surface area contributed by atoms with E-state index in [-0.39, 0.29) is 11.9 Å². The van der Waals surface area contributed by atoms with Crippen molar-refractivity contribution in [3.8, 4) is 0 Å². The third kappa shape index (κ3) is 5.09. The molecule has 122 valence electrons. The molecule has 1 aliphatic rings. The second kappa shape index (κ2) is 8.89. The smallest absolute Gasteiger partial charge is 0.221 e. The molecule has 0 radical (unpaired) electrons. The summed E-state index contributed by atoms with van der Waals surface area (Å²) in [5, 5.41) is 3.19. The predicted molar refractivity (Wildman–Crippen MR) is 89.5 cm³/mol. The minimum absolute atomic E-state index is 0.189. The third-order valence-corrected chi connectivity index (χ3v) is 4.61. The van der Waals surface area contributed by atoms with Crippen LogP contribution in [0.1, 0.15) is 63.6 Å². The molecule has 1 aliphatic carbocycles. The SMILES string of the molecule is CCC(c1ccccn1)N(C)CCC(=O)NC1CCCCC1. The van der Waals surface area contributed by atoms with Crippen molar-refractivity contribution in [2.75, 3.05) is 13.6 Å². The molecule has 0 aromatic carbocycles. The van der Waals surface area contributed by atoms with E-state index < -0.39 is 0 Å². The molecule has 0 bridgehead atoms. The molecule has 0 saturated heterocycles. The maximum absolute atomic E-state index is 12.1. The Morgan fingerprint density at radius 3 is 2.77 bits per heavy atom. The van der Waals surface area contributed by atoms with Gasteiger partial charge in [0.05, 0.1) is 11.7 Å². The molecule has 1 aromatic rings. The van der Waals surface area contributed by atoms with E-state index in [9.17, 15) is 4.79 Å². The van der Waals surface area contributed by atoms with Crippen molar-refractivity contribution in [1.29, 1.82) is 0 Å². The van der Waals surface area contributed by atoms with Gasteiger partial charge in [0.15, 0.2) is 0 Å². The lowest BCUT2D eigenvalue weighted by Gasteiger charge is -2.27. The fraction of sp³-hybridized carbons (Fsp3) is 0.667. The minimum atomic E-state index is 0.189. The Morgan fingerprint density at radius 2 is 2.14 bits per heavy atom. The molecular formula is C18H29N3O. The standard InChI is InChI=1S/C18H29N3O/c1-3-17(16-11-7-8-13-19-16)21(2)14-12-18(22)20-15-9-5-4-6-10-15/h7-8,11,13,15,17H,3-6,9-10,12,14H2,1-2H3,(H,20,22). The molecule has 0 spiro atoms. The lowest BCUT2D eigenvalue weighted by Crippen LogP contribution is -2.38. The van der Waals surface area contributed by atoms with E-state index in [1.165, 1.54) is 19.3 Å². The predicted octanol–water partition coefficient (Wildman–Crippen LogP) is 3.30. The van der Waals surface area contributed by atoms with Gasteiger partial charge in [-0.2, -0.15) is 0 Å². The van der Waals surface area contributed by atoms with Crippen LogP contribution in [0.25, 0.3) is 0 Å². The summed E-state index contributed by atoms with van der Waals surface area (Å²) < 4.78 is 0. The van der Waals surface area contributed by atoms with Crippen LogP contribution in [0.4, 0.5) is 0 Å². The quantitative estimate of drug-likeness (QED) is 0.840. The Balaban J connectivity index is 1.78. The van der Waals surface area contributed by atoms with E-state index in [2.05, 4.69) is 35.2 Å². The van der Waals surface area contributed by atoms with E-state index in [4.69, 9.17) is 0 Å². The molecule has 22 heavy (non-hydrogen) atoms. The molecule has 4 heteroatoms. The number of aromatic nitrogens is 1. The third-order valence-electron chi connectivity index (χ3n) is 4.61. The summed E-state index contributed by atoms with van der Waals surface area (Å²) in [6.07, 6.45) is 9.51. The number of nitrogens with zero attached hydrogens (tertiary/aromatic N) is 2. The van der Waals surface area contributed by atoms with E-state index in [1.54, 1.807) is 0 Å². The van der Waals surface area contributed by atoms with Gasteiger partial charge in [-0.3, -0.25) is 14.7 Å². The first kappa shape index (κ1) is 16.9. The average Bonchev–Trinajstić information content (AvgIpc) is 2.55. The van der Waals surface area contributed by atoms with Crippen LogP contribution in [0.2, 0.25) is 0 Å². The summed E-state index contributed by atoms with van der Waals surface area (Å²) in [6.45, 7) is 2.94. The largest absolute Gasteiger partial charge is 0.353 e. The first-order valence-electron chi connectivity index (χ1n) is 8.61. The molecule has 1 N–H and O–H groups in total. The van der Waals surface area contributed by atoms with E-state index in [0.29, 0.717) is 12.5 Å². The van der Waals surface area contributed by atoms with Gasteiger partial charge in [-0.15, -0.1) is 0 Å². The zero-order valence-corrected chi connectivity index (χ0v) is 13.9. The number of carbonyl (C=O) groups is 1. The van der Waals surface area contributed by atoms with Crippen LogP contribution in [0.3, 0.4) is 0 Å². The highest BCUT2D eigenvalue weighted by Crippen LogP contribution is 2.21. The minimum Gasteiger partial charge on any atom is -0.353 e. The number of amides is 1. The molecule has 2 rings (SSSR count). The molecule has 1 unspecified atom stereocenters. The van der Waals surface area contributed by atoms with Crippen molar-refractivity contribution in [2.24, 2.45) is 0 Å². The van der Waals surface area contributed by atoms with Crippen molar-refractivity contribution in [3.05, 3.63) is 30.1 Å². The summed E-state index contributed by atoms with van der Waals surface area (Å²) in [7, 11) is 2.08. The number of hydrogen-bond donors (Lipinski definition) is 1. The number of pyridine rings is 1. The van der Waals surface area contributed by atoms with E-state index >= 15 is 0 Å². The second-order valence-corrected chi connectivity index (χ2v) is 6.31. The molecule has 4 nitrogen and oxygen atoms in total. The fourth-order valence-electron chi connectivity index (χ4n) is 3.30. The molecular weight excluding hydrogens is 274 g/mol. The van der Waals surface area contributed by atoms with Crippen LogP contribution >= 0.6 is 0 Å². The molecule has 1 atom stereocenters. The number of rotatable bonds is 7. The van der Waals surface area contributed by atoms with Crippen LogP contribution in [-0.2, 0) is 4.79 Å². The molecule has 1 fully saturated rings. The highest BCUT2D eigenvalue weighted by Gasteiger charge is 2.19. The molecule has 1 aromatic heterocycles. The lowest BCUT2D eigenvalue weighted by molar-refractivity contribution is -0.122. The Kier molecular flexibility index (Phi) is 6.84. The Hall–Kier alpha value is -1.42. The van der Waals surface area contributed by atoms with Gasteiger partial charge in [0.2, 0.25) is 5.91 Å². The fourth-order valence-corrected chi connectivity index (χ4v) is 3.30. The molecule has 1 heterocycles. The van der Waals surface area contributed by atoms with Crippen LogP contribution in [0, 0.1) is 0 Å². The zero-order valence-electron chi connectivity index (χ0n) is 13.9. The summed E-state index contributed by atoms with van der Waals surface area (Å²) in [6, 6.07) is 6.71. The van der Waals surface area contributed by atoms with Gasteiger partial charge in [0, 0.05) is 25.2 Å². The Labute approximate surface area is 134 Å². The van der Waals surface area contributed by atoms with Gasteiger partial charge in [0.1, 0.15) is 0 Å². The van der Waals surface area contributed by atoms with Crippen molar-refractivity contribution in [2.45, 2.75) is 64.0 Å². The van der Waals surface area contributed by atoms with Crippen molar-refractivity contribution >= 4 is 5.91 Å². The highest BCUT2D eigenvalue weighted by molar-refractivity contribution is 5.76. The molecule has 0 aliphatic heterocycles. The van der Waals surface area contributed by atoms with Gasteiger partial charge in [-0.05, 0) is 38.4 Å². The van der Waals surface area contributed by atoms with Crippen LogP contribution in [0.15, 0.2) is 24.4 Å². The van der Waals surface area contributed by atoms with E-state index in [1.807, 2.05) is 18.3 Å². The monoisotopic (exact) mass is 303 g/mol. The van der Waals surface area contributed by atoms with Gasteiger partial charge >= 0.3 is 0 Å². The normalized spacial score (nSPS) is 17.4. The number of carbonyl (C=O) groups excluding carboxylic acids is 1. The van der Waals surface area contributed by atoms with Crippen molar-refractivity contribution in [3.63, 3.8) is 0 Å².